The molecule has 0 aliphatic carbocycles. The molecular weight excluding hydrogens is 270 g/mol. The Labute approximate surface area is 123 Å². The molecule has 1 saturated heterocycles. The van der Waals surface area contributed by atoms with Gasteiger partial charge in [-0.15, -0.1) is 0 Å². The fraction of sp³-hybridized carbons (Fsp3) is 0.429. The lowest BCUT2D eigenvalue weighted by atomic mass is 10.2. The minimum Gasteiger partial charge on any atom is -0.397 e. The van der Waals surface area contributed by atoms with E-state index < -0.39 is 0 Å². The Balaban J connectivity index is 1.66. The average molecular weight is 289 g/mol. The molecule has 6 heteroatoms. The molecule has 0 saturated carbocycles. The number of anilines is 3. The monoisotopic (exact) mass is 289 g/mol. The second-order valence-corrected chi connectivity index (χ2v) is 5.61. The van der Waals surface area contributed by atoms with Crippen LogP contribution in [0.1, 0.15) is 12.7 Å². The van der Waals surface area contributed by atoms with E-state index in [9.17, 15) is 0 Å². The molecule has 0 radical (unpaired) electrons. The number of nitrogens with zero attached hydrogens (tertiary/aromatic N) is 4. The quantitative estimate of drug-likeness (QED) is 0.876. The van der Waals surface area contributed by atoms with Gasteiger partial charge in [0.05, 0.1) is 11.4 Å². The maximum absolute atomic E-state index is 6.04. The Morgan fingerprint density at radius 1 is 1.15 bits per heavy atom. The molecule has 1 aromatic carbocycles. The van der Waals surface area contributed by atoms with Crippen LogP contribution in [0, 0.1) is 0 Å². The highest BCUT2D eigenvalue weighted by Gasteiger charge is 2.20. The Morgan fingerprint density at radius 2 is 1.85 bits per heavy atom. The smallest absolute Gasteiger partial charge is 0.205 e. The lowest BCUT2D eigenvalue weighted by Crippen LogP contribution is -2.46. The summed E-state index contributed by atoms with van der Waals surface area (Å²) in [5.41, 5.74) is 8.03. The summed E-state index contributed by atoms with van der Waals surface area (Å²) in [5.74, 6) is 0.944. The normalized spacial score (nSPS) is 15.7. The number of nitrogens with two attached hydrogens (primary N) is 1. The van der Waals surface area contributed by atoms with Gasteiger partial charge in [-0.2, -0.15) is 4.37 Å². The van der Waals surface area contributed by atoms with Crippen molar-refractivity contribution in [3.05, 3.63) is 30.1 Å². The standard InChI is InChI=1S/C14H19N5S/c1-2-13-16-14(20-17-13)19-9-7-18(8-10-19)12-6-4-3-5-11(12)15/h3-6H,2,7-10,15H2,1H3. The van der Waals surface area contributed by atoms with Gasteiger partial charge in [-0.1, -0.05) is 19.1 Å². The molecular formula is C14H19N5S. The Bertz CT molecular complexity index is 574. The van der Waals surface area contributed by atoms with Gasteiger partial charge in [-0.05, 0) is 12.1 Å². The fourth-order valence-electron chi connectivity index (χ4n) is 2.43. The van der Waals surface area contributed by atoms with Crippen LogP contribution in [0.25, 0.3) is 0 Å². The van der Waals surface area contributed by atoms with E-state index in [4.69, 9.17) is 5.73 Å². The van der Waals surface area contributed by atoms with Crippen molar-refractivity contribution < 1.29 is 0 Å². The summed E-state index contributed by atoms with van der Waals surface area (Å²) in [4.78, 5) is 9.21. The van der Waals surface area contributed by atoms with Gasteiger partial charge < -0.3 is 15.5 Å². The van der Waals surface area contributed by atoms with Crippen LogP contribution in [0.15, 0.2) is 24.3 Å². The Morgan fingerprint density at radius 3 is 2.50 bits per heavy atom. The first-order valence-electron chi connectivity index (χ1n) is 6.95. The highest BCUT2D eigenvalue weighted by molar-refractivity contribution is 7.09. The number of para-hydroxylation sites is 2. The van der Waals surface area contributed by atoms with Crippen molar-refractivity contribution in [2.45, 2.75) is 13.3 Å². The highest BCUT2D eigenvalue weighted by atomic mass is 32.1. The van der Waals surface area contributed by atoms with Crippen LogP contribution in [0.2, 0.25) is 0 Å². The molecule has 106 valence electrons. The molecule has 2 N–H and O–H groups in total. The summed E-state index contributed by atoms with van der Waals surface area (Å²) in [5, 5.41) is 1.04. The lowest BCUT2D eigenvalue weighted by molar-refractivity contribution is 0.652. The molecule has 0 atom stereocenters. The first kappa shape index (κ1) is 13.2. The van der Waals surface area contributed by atoms with E-state index in [1.165, 1.54) is 11.5 Å². The third-order valence-corrected chi connectivity index (χ3v) is 4.42. The summed E-state index contributed by atoms with van der Waals surface area (Å²) in [6.07, 6.45) is 0.900. The van der Waals surface area contributed by atoms with Crippen LogP contribution >= 0.6 is 11.5 Å². The Hall–Kier alpha value is -1.82. The zero-order valence-electron chi connectivity index (χ0n) is 11.6. The van der Waals surface area contributed by atoms with Gasteiger partial charge >= 0.3 is 0 Å². The predicted molar refractivity (Wildman–Crippen MR) is 84.6 cm³/mol. The van der Waals surface area contributed by atoms with Crippen LogP contribution < -0.4 is 15.5 Å². The largest absolute Gasteiger partial charge is 0.397 e. The van der Waals surface area contributed by atoms with E-state index in [1.807, 2.05) is 18.2 Å². The molecule has 1 aliphatic heterocycles. The molecule has 0 bridgehead atoms. The number of aryl methyl sites for hydroxylation is 1. The zero-order chi connectivity index (χ0) is 13.9. The highest BCUT2D eigenvalue weighted by Crippen LogP contribution is 2.25. The molecule has 1 aromatic heterocycles. The maximum Gasteiger partial charge on any atom is 0.205 e. The van der Waals surface area contributed by atoms with E-state index in [2.05, 4.69) is 32.1 Å². The summed E-state index contributed by atoms with van der Waals surface area (Å²) in [6, 6.07) is 8.06. The SMILES string of the molecule is CCc1nsc(N2CCN(c3ccccc3N)CC2)n1. The number of hydrogen-bond donors (Lipinski definition) is 1. The third-order valence-electron chi connectivity index (χ3n) is 3.60. The molecule has 0 spiro atoms. The summed E-state index contributed by atoms with van der Waals surface area (Å²) in [6.45, 7) is 5.95. The number of aromatic nitrogens is 2. The first-order valence-corrected chi connectivity index (χ1v) is 7.72. The predicted octanol–water partition coefficient (Wildman–Crippen LogP) is 2.01. The summed E-state index contributed by atoms with van der Waals surface area (Å²) in [7, 11) is 0. The van der Waals surface area contributed by atoms with Gasteiger partial charge in [0.15, 0.2) is 0 Å². The fourth-order valence-corrected chi connectivity index (χ4v) is 3.23. The summed E-state index contributed by atoms with van der Waals surface area (Å²) >= 11 is 1.50. The maximum atomic E-state index is 6.04. The van der Waals surface area contributed by atoms with Crippen LogP contribution in [-0.2, 0) is 6.42 Å². The van der Waals surface area contributed by atoms with Crippen LogP contribution in [0.4, 0.5) is 16.5 Å². The third kappa shape index (κ3) is 2.56. The van der Waals surface area contributed by atoms with Crippen molar-refractivity contribution in [2.24, 2.45) is 0 Å². The van der Waals surface area contributed by atoms with Crippen molar-refractivity contribution in [1.82, 2.24) is 9.36 Å². The number of hydrogen-bond acceptors (Lipinski definition) is 6. The van der Waals surface area contributed by atoms with Crippen LogP contribution in [0.5, 0.6) is 0 Å². The average Bonchev–Trinajstić information content (AvgIpc) is 2.97. The van der Waals surface area contributed by atoms with Crippen molar-refractivity contribution >= 4 is 28.0 Å². The molecule has 5 nitrogen and oxygen atoms in total. The van der Waals surface area contributed by atoms with Gasteiger partial charge in [0.25, 0.3) is 0 Å². The van der Waals surface area contributed by atoms with E-state index in [1.54, 1.807) is 0 Å². The zero-order valence-corrected chi connectivity index (χ0v) is 12.4. The van der Waals surface area contributed by atoms with E-state index in [0.717, 1.165) is 54.9 Å². The van der Waals surface area contributed by atoms with Gasteiger partial charge in [-0.25, -0.2) is 4.98 Å². The van der Waals surface area contributed by atoms with Crippen molar-refractivity contribution in [2.75, 3.05) is 41.7 Å². The minimum atomic E-state index is 0.852. The second kappa shape index (κ2) is 5.66. The number of nitrogen functional groups attached to an aromatic ring is 1. The van der Waals surface area contributed by atoms with Gasteiger partial charge in [0.2, 0.25) is 5.13 Å². The minimum absolute atomic E-state index is 0.852. The Kier molecular flexibility index (Phi) is 3.73. The van der Waals surface area contributed by atoms with E-state index in [0.29, 0.717) is 0 Å². The van der Waals surface area contributed by atoms with Crippen LogP contribution in [0.3, 0.4) is 0 Å². The first-order chi connectivity index (χ1) is 9.78. The van der Waals surface area contributed by atoms with E-state index >= 15 is 0 Å². The van der Waals surface area contributed by atoms with Crippen molar-refractivity contribution in [1.29, 1.82) is 0 Å². The topological polar surface area (TPSA) is 58.3 Å². The molecule has 1 aliphatic rings. The van der Waals surface area contributed by atoms with Gasteiger partial charge in [0, 0.05) is 44.1 Å². The van der Waals surface area contributed by atoms with Crippen molar-refractivity contribution in [3.63, 3.8) is 0 Å². The van der Waals surface area contributed by atoms with Gasteiger partial charge in [-0.3, -0.25) is 0 Å². The lowest BCUT2D eigenvalue weighted by Gasteiger charge is -2.36. The molecule has 0 unspecified atom stereocenters. The number of benzene rings is 1. The molecule has 20 heavy (non-hydrogen) atoms. The van der Waals surface area contributed by atoms with E-state index in [-0.39, 0.29) is 0 Å². The summed E-state index contributed by atoms with van der Waals surface area (Å²) < 4.78 is 4.36. The van der Waals surface area contributed by atoms with Crippen LogP contribution in [-0.4, -0.2) is 35.5 Å². The molecule has 2 heterocycles. The second-order valence-electron chi connectivity index (χ2n) is 4.88. The number of piperazine rings is 1. The van der Waals surface area contributed by atoms with Crippen molar-refractivity contribution in [3.8, 4) is 0 Å². The molecule has 3 rings (SSSR count). The van der Waals surface area contributed by atoms with Gasteiger partial charge in [0.1, 0.15) is 5.82 Å². The number of rotatable bonds is 3. The molecule has 1 fully saturated rings. The molecule has 2 aromatic rings. The molecule has 0 amide bonds.